The molecule has 2 amide bonds. The molecule has 1 unspecified atom stereocenters. The number of carbonyl (C=O) groups excluding carboxylic acids is 2. The van der Waals surface area contributed by atoms with Crippen LogP contribution < -0.4 is 10.1 Å². The van der Waals surface area contributed by atoms with E-state index >= 15 is 0 Å². The second-order valence-electron chi connectivity index (χ2n) is 4.60. The lowest BCUT2D eigenvalue weighted by molar-refractivity contribution is -0.141. The van der Waals surface area contributed by atoms with Crippen molar-refractivity contribution in [1.82, 2.24) is 10.2 Å². The van der Waals surface area contributed by atoms with E-state index in [2.05, 4.69) is 5.32 Å². The quantitative estimate of drug-likeness (QED) is 0.796. The second kappa shape index (κ2) is 4.33. The van der Waals surface area contributed by atoms with Crippen LogP contribution in [0, 0.1) is 0 Å². The summed E-state index contributed by atoms with van der Waals surface area (Å²) in [6.07, 6.45) is 0.749. The van der Waals surface area contributed by atoms with Crippen molar-refractivity contribution in [1.29, 1.82) is 0 Å². The average molecular weight is 246 g/mol. The molecule has 1 saturated heterocycles. The van der Waals surface area contributed by atoms with Crippen LogP contribution in [0.25, 0.3) is 0 Å². The zero-order valence-corrected chi connectivity index (χ0v) is 9.89. The molecule has 5 heteroatoms. The number of nitrogens with zero attached hydrogens (tertiary/aromatic N) is 1. The van der Waals surface area contributed by atoms with E-state index in [-0.39, 0.29) is 31.0 Å². The predicted octanol–water partition coefficient (Wildman–Crippen LogP) is -0.0515. The highest BCUT2D eigenvalue weighted by molar-refractivity contribution is 5.92. The average Bonchev–Trinajstić information content (AvgIpc) is 2.76. The van der Waals surface area contributed by atoms with Gasteiger partial charge in [-0.05, 0) is 11.6 Å². The van der Waals surface area contributed by atoms with Crippen molar-refractivity contribution >= 4 is 11.8 Å². The number of nitrogens with one attached hydrogen (secondary N) is 1. The van der Waals surface area contributed by atoms with Crippen molar-refractivity contribution < 1.29 is 14.3 Å². The Morgan fingerprint density at radius 3 is 3.00 bits per heavy atom. The monoisotopic (exact) mass is 246 g/mol. The summed E-state index contributed by atoms with van der Waals surface area (Å²) >= 11 is 0. The van der Waals surface area contributed by atoms with E-state index in [1.165, 1.54) is 0 Å². The molecule has 5 nitrogen and oxygen atoms in total. The first-order valence-electron chi connectivity index (χ1n) is 6.01. The number of amides is 2. The number of hydrogen-bond donors (Lipinski definition) is 1. The van der Waals surface area contributed by atoms with Gasteiger partial charge in [-0.3, -0.25) is 9.59 Å². The summed E-state index contributed by atoms with van der Waals surface area (Å²) < 4.78 is 5.77. The first-order chi connectivity index (χ1) is 8.72. The van der Waals surface area contributed by atoms with Gasteiger partial charge >= 0.3 is 0 Å². The molecular formula is C13H14N2O3. The van der Waals surface area contributed by atoms with Crippen LogP contribution in [0.5, 0.6) is 5.75 Å². The summed E-state index contributed by atoms with van der Waals surface area (Å²) in [6.45, 7) is 0.703. The maximum Gasteiger partial charge on any atom is 0.242 e. The Balaban J connectivity index is 1.65. The zero-order chi connectivity index (χ0) is 12.5. The summed E-state index contributed by atoms with van der Waals surface area (Å²) in [7, 11) is 0. The minimum Gasteiger partial charge on any atom is -0.488 e. The highest BCUT2D eigenvalue weighted by atomic mass is 16.5. The lowest BCUT2D eigenvalue weighted by Crippen LogP contribution is -2.53. The fraction of sp³-hybridized carbons (Fsp3) is 0.385. The fourth-order valence-electron chi connectivity index (χ4n) is 2.37. The van der Waals surface area contributed by atoms with Crippen molar-refractivity contribution in [2.45, 2.75) is 12.5 Å². The first-order valence-corrected chi connectivity index (χ1v) is 6.01. The smallest absolute Gasteiger partial charge is 0.242 e. The molecule has 1 fully saturated rings. The van der Waals surface area contributed by atoms with Crippen LogP contribution in [0.3, 0.4) is 0 Å². The molecule has 0 aliphatic carbocycles. The normalized spacial score (nSPS) is 22.4. The van der Waals surface area contributed by atoms with Crippen LogP contribution in [0.1, 0.15) is 5.56 Å². The first kappa shape index (κ1) is 11.1. The fourth-order valence-corrected chi connectivity index (χ4v) is 2.37. The van der Waals surface area contributed by atoms with Crippen LogP contribution >= 0.6 is 0 Å². The second-order valence-corrected chi connectivity index (χ2v) is 4.60. The number of fused-ring (bicyclic) bond motifs is 1. The SMILES string of the molecule is O=C1CN(CC2Cc3ccccc3O2)C(=O)CN1. The minimum atomic E-state index is -0.106. The largest absolute Gasteiger partial charge is 0.488 e. The Labute approximate surface area is 105 Å². The number of para-hydroxylation sites is 1. The van der Waals surface area contributed by atoms with Gasteiger partial charge in [0.25, 0.3) is 0 Å². The highest BCUT2D eigenvalue weighted by Gasteiger charge is 2.29. The van der Waals surface area contributed by atoms with Crippen molar-refractivity contribution in [3.63, 3.8) is 0 Å². The van der Waals surface area contributed by atoms with E-state index in [0.29, 0.717) is 6.54 Å². The molecule has 2 aliphatic rings. The molecule has 0 bridgehead atoms. The highest BCUT2D eigenvalue weighted by Crippen LogP contribution is 2.28. The summed E-state index contributed by atoms with van der Waals surface area (Å²) in [5.74, 6) is 0.732. The molecule has 2 aliphatic heterocycles. The van der Waals surface area contributed by atoms with Gasteiger partial charge in [0.15, 0.2) is 0 Å². The van der Waals surface area contributed by atoms with Gasteiger partial charge in [0, 0.05) is 6.42 Å². The third-order valence-corrected chi connectivity index (χ3v) is 3.26. The van der Waals surface area contributed by atoms with E-state index in [9.17, 15) is 9.59 Å². The van der Waals surface area contributed by atoms with E-state index in [1.54, 1.807) is 4.90 Å². The molecular weight excluding hydrogens is 232 g/mol. The van der Waals surface area contributed by atoms with Crippen LogP contribution in [0.2, 0.25) is 0 Å². The van der Waals surface area contributed by atoms with Crippen molar-refractivity contribution in [3.8, 4) is 5.75 Å². The van der Waals surface area contributed by atoms with Crippen LogP contribution in [-0.2, 0) is 16.0 Å². The molecule has 1 atom stereocenters. The Bertz CT molecular complexity index is 476. The van der Waals surface area contributed by atoms with Gasteiger partial charge in [-0.25, -0.2) is 0 Å². The van der Waals surface area contributed by atoms with Crippen LogP contribution in [0.4, 0.5) is 0 Å². The molecule has 0 saturated carbocycles. The van der Waals surface area contributed by atoms with E-state index < -0.39 is 0 Å². The van der Waals surface area contributed by atoms with Gasteiger partial charge in [0.05, 0.1) is 19.6 Å². The van der Waals surface area contributed by atoms with Crippen molar-refractivity contribution in [2.75, 3.05) is 19.6 Å². The van der Waals surface area contributed by atoms with Crippen LogP contribution in [0.15, 0.2) is 24.3 Å². The molecule has 1 aromatic rings. The molecule has 1 N–H and O–H groups in total. The topological polar surface area (TPSA) is 58.6 Å². The Kier molecular flexibility index (Phi) is 2.66. The zero-order valence-electron chi connectivity index (χ0n) is 9.89. The number of rotatable bonds is 2. The molecule has 94 valence electrons. The molecule has 1 aromatic carbocycles. The van der Waals surface area contributed by atoms with Gasteiger partial charge < -0.3 is 15.0 Å². The third kappa shape index (κ3) is 2.03. The van der Waals surface area contributed by atoms with Gasteiger partial charge in [0.2, 0.25) is 11.8 Å². The Morgan fingerprint density at radius 2 is 2.17 bits per heavy atom. The summed E-state index contributed by atoms with van der Waals surface area (Å²) in [4.78, 5) is 24.5. The van der Waals surface area contributed by atoms with E-state index in [1.807, 2.05) is 24.3 Å². The predicted molar refractivity (Wildman–Crippen MR) is 64.2 cm³/mol. The lowest BCUT2D eigenvalue weighted by Gasteiger charge is -2.28. The summed E-state index contributed by atoms with van der Waals surface area (Å²) in [5, 5.41) is 2.53. The third-order valence-electron chi connectivity index (χ3n) is 3.26. The molecule has 3 rings (SSSR count). The number of hydrogen-bond acceptors (Lipinski definition) is 3. The van der Waals surface area contributed by atoms with E-state index in [0.717, 1.165) is 17.7 Å². The maximum absolute atomic E-state index is 11.7. The Hall–Kier alpha value is -2.04. The van der Waals surface area contributed by atoms with Crippen molar-refractivity contribution in [3.05, 3.63) is 29.8 Å². The number of benzene rings is 1. The molecule has 0 spiro atoms. The molecule has 0 radical (unpaired) electrons. The summed E-state index contributed by atoms with van der Waals surface area (Å²) in [6, 6.07) is 7.87. The van der Waals surface area contributed by atoms with Gasteiger partial charge in [-0.15, -0.1) is 0 Å². The molecule has 18 heavy (non-hydrogen) atoms. The lowest BCUT2D eigenvalue weighted by atomic mass is 10.1. The Morgan fingerprint density at radius 1 is 1.33 bits per heavy atom. The minimum absolute atomic E-state index is 0.0442. The number of piperazine rings is 1. The van der Waals surface area contributed by atoms with Crippen LogP contribution in [-0.4, -0.2) is 42.5 Å². The number of ether oxygens (including phenoxy) is 1. The maximum atomic E-state index is 11.7. The van der Waals surface area contributed by atoms with Crippen molar-refractivity contribution in [2.24, 2.45) is 0 Å². The van der Waals surface area contributed by atoms with Gasteiger partial charge in [-0.1, -0.05) is 18.2 Å². The van der Waals surface area contributed by atoms with E-state index in [4.69, 9.17) is 4.74 Å². The molecule has 2 heterocycles. The molecule has 0 aromatic heterocycles. The standard InChI is InChI=1S/C13H14N2O3/c16-12-8-15(13(17)6-14-12)7-10-5-9-3-1-2-4-11(9)18-10/h1-4,10H,5-8H2,(H,14,16). The summed E-state index contributed by atoms with van der Waals surface area (Å²) in [5.41, 5.74) is 1.16. The number of carbonyl (C=O) groups is 2. The van der Waals surface area contributed by atoms with Gasteiger partial charge in [-0.2, -0.15) is 0 Å². The van der Waals surface area contributed by atoms with Gasteiger partial charge in [0.1, 0.15) is 11.9 Å².